The molecule has 0 spiro atoms. The number of benzene rings is 1. The van der Waals surface area contributed by atoms with Crippen molar-refractivity contribution in [1.29, 1.82) is 0 Å². The third-order valence-electron chi connectivity index (χ3n) is 5.73. The Kier molecular flexibility index (Phi) is 6.73. The van der Waals surface area contributed by atoms with Gasteiger partial charge < -0.3 is 19.0 Å². The highest BCUT2D eigenvalue weighted by atomic mass is 16.5. The van der Waals surface area contributed by atoms with Crippen molar-refractivity contribution in [2.75, 3.05) is 7.11 Å². The van der Waals surface area contributed by atoms with Gasteiger partial charge >= 0.3 is 5.97 Å². The molecule has 1 aliphatic rings. The lowest BCUT2D eigenvalue weighted by molar-refractivity contribution is -0.137. The van der Waals surface area contributed by atoms with Crippen molar-refractivity contribution in [3.8, 4) is 22.8 Å². The van der Waals surface area contributed by atoms with Gasteiger partial charge in [-0.2, -0.15) is 0 Å². The molecule has 1 aliphatic carbocycles. The van der Waals surface area contributed by atoms with E-state index in [1.807, 2.05) is 31.2 Å². The first-order chi connectivity index (χ1) is 15.6. The number of carboxylic acid groups (broad SMARTS) is 1. The molecule has 1 aromatic carbocycles. The lowest BCUT2D eigenvalue weighted by Gasteiger charge is -2.14. The van der Waals surface area contributed by atoms with E-state index in [1.54, 1.807) is 7.11 Å². The van der Waals surface area contributed by atoms with Crippen LogP contribution < -0.4 is 9.47 Å². The van der Waals surface area contributed by atoms with E-state index in [-0.39, 0.29) is 12.5 Å². The Hall–Kier alpha value is -3.35. The van der Waals surface area contributed by atoms with Gasteiger partial charge in [-0.3, -0.25) is 4.79 Å². The largest absolute Gasteiger partial charge is 0.497 e. The summed E-state index contributed by atoms with van der Waals surface area (Å²) in [4.78, 5) is 19.5. The molecule has 0 saturated carbocycles. The van der Waals surface area contributed by atoms with Crippen molar-refractivity contribution in [1.82, 2.24) is 9.97 Å². The van der Waals surface area contributed by atoms with Crippen molar-refractivity contribution in [3.63, 3.8) is 0 Å². The van der Waals surface area contributed by atoms with Crippen molar-refractivity contribution in [2.45, 2.75) is 58.0 Å². The number of aliphatic carboxylic acids is 1. The summed E-state index contributed by atoms with van der Waals surface area (Å²) in [5.41, 5.74) is 3.61. The van der Waals surface area contributed by atoms with E-state index in [0.29, 0.717) is 18.0 Å². The number of aromatic nitrogens is 2. The second kappa shape index (κ2) is 9.85. The normalized spacial score (nSPS) is 14.4. The monoisotopic (exact) mass is 436 g/mol. The van der Waals surface area contributed by atoms with Crippen LogP contribution in [-0.2, 0) is 4.79 Å². The Bertz CT molecular complexity index is 1120. The molecule has 0 fully saturated rings. The van der Waals surface area contributed by atoms with Crippen LogP contribution in [-0.4, -0.2) is 34.3 Å². The van der Waals surface area contributed by atoms with Crippen molar-refractivity contribution in [3.05, 3.63) is 42.4 Å². The molecule has 0 bridgehead atoms. The second-order valence-electron chi connectivity index (χ2n) is 8.08. The number of nitrogens with zero attached hydrogens (tertiary/aromatic N) is 2. The standard InChI is InChI=1S/C25H28N2O5/c1-16(7-3-6-10-20(28)29)31-24-22-21(17-11-13-19(30-2)14-12-17)23(18-8-4-5-9-18)32-25(22)27-15-26-24/h8,11-16H,3-7,9-10H2,1-2H3,(H,28,29). The van der Waals surface area contributed by atoms with Gasteiger partial charge in [0.1, 0.15) is 23.2 Å². The van der Waals surface area contributed by atoms with Gasteiger partial charge in [0, 0.05) is 12.0 Å². The van der Waals surface area contributed by atoms with Gasteiger partial charge in [-0.25, -0.2) is 9.97 Å². The number of allylic oxidation sites excluding steroid dienone is 2. The van der Waals surface area contributed by atoms with Crippen LogP contribution >= 0.6 is 0 Å². The van der Waals surface area contributed by atoms with Crippen LogP contribution in [0.25, 0.3) is 27.8 Å². The topological polar surface area (TPSA) is 94.7 Å². The molecule has 0 aliphatic heterocycles. The molecule has 0 amide bonds. The van der Waals surface area contributed by atoms with Crippen LogP contribution in [0.2, 0.25) is 0 Å². The molecule has 7 heteroatoms. The van der Waals surface area contributed by atoms with Gasteiger partial charge in [-0.05, 0) is 68.7 Å². The number of unbranched alkanes of at least 4 members (excludes halogenated alkanes) is 1. The summed E-state index contributed by atoms with van der Waals surface area (Å²) < 4.78 is 17.8. The van der Waals surface area contributed by atoms with Gasteiger partial charge in [0.25, 0.3) is 0 Å². The number of ether oxygens (including phenoxy) is 2. The fourth-order valence-electron chi connectivity index (χ4n) is 4.09. The summed E-state index contributed by atoms with van der Waals surface area (Å²) >= 11 is 0. The first-order valence-corrected chi connectivity index (χ1v) is 11.1. The highest BCUT2D eigenvalue weighted by Gasteiger charge is 2.25. The fraction of sp³-hybridized carbons (Fsp3) is 0.400. The minimum absolute atomic E-state index is 0.116. The summed E-state index contributed by atoms with van der Waals surface area (Å²) in [6, 6.07) is 7.87. The van der Waals surface area contributed by atoms with E-state index >= 15 is 0 Å². The van der Waals surface area contributed by atoms with E-state index < -0.39 is 5.97 Å². The van der Waals surface area contributed by atoms with Gasteiger partial charge in [0.15, 0.2) is 0 Å². The molecule has 0 saturated heterocycles. The second-order valence-corrected chi connectivity index (χ2v) is 8.08. The molecule has 3 aromatic rings. The number of methoxy groups -OCH3 is 1. The molecule has 4 rings (SSSR count). The number of carboxylic acids is 1. The molecule has 32 heavy (non-hydrogen) atoms. The molecule has 2 aromatic heterocycles. The van der Waals surface area contributed by atoms with Crippen LogP contribution in [0, 0.1) is 0 Å². The summed E-state index contributed by atoms with van der Waals surface area (Å²) in [5, 5.41) is 9.59. The zero-order valence-corrected chi connectivity index (χ0v) is 18.5. The fourth-order valence-corrected chi connectivity index (χ4v) is 4.09. The maximum absolute atomic E-state index is 10.7. The predicted octanol–water partition coefficient (Wildman–Crippen LogP) is 5.88. The zero-order chi connectivity index (χ0) is 22.5. The van der Waals surface area contributed by atoms with Crippen LogP contribution in [0.15, 0.2) is 41.1 Å². The van der Waals surface area contributed by atoms with E-state index in [4.69, 9.17) is 19.0 Å². The molecule has 2 heterocycles. The number of furan rings is 1. The minimum atomic E-state index is -0.771. The Morgan fingerprint density at radius 2 is 2.03 bits per heavy atom. The van der Waals surface area contributed by atoms with Crippen LogP contribution in [0.1, 0.15) is 57.6 Å². The van der Waals surface area contributed by atoms with Gasteiger partial charge in [-0.15, -0.1) is 0 Å². The first kappa shape index (κ1) is 21.9. The van der Waals surface area contributed by atoms with Crippen molar-refractivity contribution in [2.24, 2.45) is 0 Å². The number of hydrogen-bond donors (Lipinski definition) is 1. The van der Waals surface area contributed by atoms with Crippen LogP contribution in [0.3, 0.4) is 0 Å². The van der Waals surface area contributed by atoms with Crippen LogP contribution in [0.4, 0.5) is 0 Å². The summed E-state index contributed by atoms with van der Waals surface area (Å²) in [6.45, 7) is 1.97. The lowest BCUT2D eigenvalue weighted by atomic mass is 9.99. The van der Waals surface area contributed by atoms with Gasteiger partial charge in [-0.1, -0.05) is 18.2 Å². The molecule has 0 radical (unpaired) electrons. The third-order valence-corrected chi connectivity index (χ3v) is 5.73. The molecule has 7 nitrogen and oxygen atoms in total. The third kappa shape index (κ3) is 4.77. The molecular weight excluding hydrogens is 408 g/mol. The molecule has 1 N–H and O–H groups in total. The quantitative estimate of drug-likeness (QED) is 0.397. The molecule has 1 unspecified atom stereocenters. The van der Waals surface area contributed by atoms with E-state index in [9.17, 15) is 4.79 Å². The molecule has 1 atom stereocenters. The average molecular weight is 437 g/mol. The summed E-state index contributed by atoms with van der Waals surface area (Å²) in [5.74, 6) is 1.32. The van der Waals surface area contributed by atoms with E-state index in [2.05, 4.69) is 16.0 Å². The maximum Gasteiger partial charge on any atom is 0.303 e. The number of hydrogen-bond acceptors (Lipinski definition) is 6. The first-order valence-electron chi connectivity index (χ1n) is 11.1. The molecular formula is C25H28N2O5. The Morgan fingerprint density at radius 1 is 1.22 bits per heavy atom. The van der Waals surface area contributed by atoms with Gasteiger partial charge in [0.2, 0.25) is 11.6 Å². The van der Waals surface area contributed by atoms with Crippen molar-refractivity contribution < 1.29 is 23.8 Å². The minimum Gasteiger partial charge on any atom is -0.497 e. The number of carbonyl (C=O) groups is 1. The molecule has 168 valence electrons. The Morgan fingerprint density at radius 3 is 2.72 bits per heavy atom. The number of rotatable bonds is 10. The smallest absolute Gasteiger partial charge is 0.303 e. The van der Waals surface area contributed by atoms with E-state index in [0.717, 1.165) is 60.1 Å². The highest BCUT2D eigenvalue weighted by molar-refractivity contribution is 6.01. The van der Waals surface area contributed by atoms with Crippen molar-refractivity contribution >= 4 is 22.6 Å². The van der Waals surface area contributed by atoms with Crippen LogP contribution in [0.5, 0.6) is 11.6 Å². The van der Waals surface area contributed by atoms with E-state index in [1.165, 1.54) is 11.9 Å². The Labute approximate surface area is 187 Å². The predicted molar refractivity (Wildman–Crippen MR) is 122 cm³/mol. The zero-order valence-electron chi connectivity index (χ0n) is 18.5. The Balaban J connectivity index is 1.70. The van der Waals surface area contributed by atoms with Gasteiger partial charge in [0.05, 0.1) is 13.2 Å². The average Bonchev–Trinajstić information content (AvgIpc) is 3.45. The summed E-state index contributed by atoms with van der Waals surface area (Å²) in [6.07, 6.45) is 9.00. The summed E-state index contributed by atoms with van der Waals surface area (Å²) in [7, 11) is 1.65. The lowest BCUT2D eigenvalue weighted by Crippen LogP contribution is -2.13. The maximum atomic E-state index is 10.7. The SMILES string of the molecule is COc1ccc(-c2c(C3=CCCC3)oc3ncnc(OC(C)CCCCC(=O)O)c23)cc1. The highest BCUT2D eigenvalue weighted by Crippen LogP contribution is 2.44. The number of fused-ring (bicyclic) bond motifs is 1.